The number of H-pyrrole nitrogens is 1. The average molecular weight is 407 g/mol. The number of nitrogens with one attached hydrogen (secondary N) is 2. The summed E-state index contributed by atoms with van der Waals surface area (Å²) >= 11 is 0. The Bertz CT molecular complexity index is 1050. The predicted octanol–water partition coefficient (Wildman–Crippen LogP) is 3.45. The van der Waals surface area contributed by atoms with Gasteiger partial charge in [0.25, 0.3) is 0 Å². The third kappa shape index (κ3) is 4.70. The van der Waals surface area contributed by atoms with E-state index in [2.05, 4.69) is 16.4 Å². The highest BCUT2D eigenvalue weighted by Gasteiger charge is 2.29. The third-order valence-electron chi connectivity index (χ3n) is 5.80. The van der Waals surface area contributed by atoms with E-state index in [9.17, 15) is 14.0 Å². The SMILES string of the molecule is O=C(NCCc1c[nH]c2ccccc12)C1CCC(=O)N(CCc2cccc(F)c2)C1. The second-order valence-corrected chi connectivity index (χ2v) is 7.86. The number of halogens is 1. The number of nitrogens with zero attached hydrogens (tertiary/aromatic N) is 1. The first kappa shape index (κ1) is 20.1. The van der Waals surface area contributed by atoms with Crippen molar-refractivity contribution in [3.8, 4) is 0 Å². The van der Waals surface area contributed by atoms with Crippen LogP contribution >= 0.6 is 0 Å². The largest absolute Gasteiger partial charge is 0.361 e. The Hall–Kier alpha value is -3.15. The van der Waals surface area contributed by atoms with Crippen LogP contribution in [-0.4, -0.2) is 41.3 Å². The molecule has 0 radical (unpaired) electrons. The molecule has 2 heterocycles. The van der Waals surface area contributed by atoms with E-state index in [1.54, 1.807) is 11.0 Å². The van der Waals surface area contributed by atoms with Gasteiger partial charge in [0.05, 0.1) is 5.92 Å². The minimum absolute atomic E-state index is 0.00176. The predicted molar refractivity (Wildman–Crippen MR) is 114 cm³/mol. The number of carbonyl (C=O) groups excluding carboxylic acids is 2. The molecule has 1 atom stereocenters. The number of benzene rings is 2. The maximum absolute atomic E-state index is 13.3. The van der Waals surface area contributed by atoms with Crippen LogP contribution in [0.1, 0.15) is 24.0 Å². The number of amides is 2. The number of para-hydroxylation sites is 1. The number of likely N-dealkylation sites (tertiary alicyclic amines) is 1. The van der Waals surface area contributed by atoms with Crippen molar-refractivity contribution in [2.24, 2.45) is 5.92 Å². The van der Waals surface area contributed by atoms with Gasteiger partial charge < -0.3 is 15.2 Å². The van der Waals surface area contributed by atoms with Crippen LogP contribution in [0.5, 0.6) is 0 Å². The number of aromatic nitrogens is 1. The van der Waals surface area contributed by atoms with Gasteiger partial charge >= 0.3 is 0 Å². The monoisotopic (exact) mass is 407 g/mol. The van der Waals surface area contributed by atoms with E-state index in [0.717, 1.165) is 17.5 Å². The molecule has 6 heteroatoms. The van der Waals surface area contributed by atoms with Gasteiger partial charge in [-0.25, -0.2) is 4.39 Å². The fraction of sp³-hybridized carbons (Fsp3) is 0.333. The van der Waals surface area contributed by atoms with E-state index in [1.807, 2.05) is 30.5 Å². The van der Waals surface area contributed by atoms with E-state index >= 15 is 0 Å². The lowest BCUT2D eigenvalue weighted by atomic mass is 9.96. The summed E-state index contributed by atoms with van der Waals surface area (Å²) in [5.41, 5.74) is 3.13. The maximum atomic E-state index is 13.3. The van der Waals surface area contributed by atoms with Gasteiger partial charge in [-0.2, -0.15) is 0 Å². The van der Waals surface area contributed by atoms with Crippen molar-refractivity contribution in [1.29, 1.82) is 0 Å². The molecule has 0 saturated carbocycles. The zero-order valence-electron chi connectivity index (χ0n) is 16.9. The standard InChI is InChI=1S/C24H26FN3O2/c25-20-5-3-4-17(14-20)11-13-28-16-19(8-9-23(28)29)24(30)26-12-10-18-15-27-22-7-2-1-6-21(18)22/h1-7,14-15,19,27H,8-13,16H2,(H,26,30). The lowest BCUT2D eigenvalue weighted by molar-refractivity contribution is -0.138. The molecule has 1 aliphatic rings. The number of aromatic amines is 1. The normalized spacial score (nSPS) is 16.8. The van der Waals surface area contributed by atoms with Gasteiger partial charge in [0, 0.05) is 43.2 Å². The van der Waals surface area contributed by atoms with E-state index in [-0.39, 0.29) is 23.5 Å². The lowest BCUT2D eigenvalue weighted by Gasteiger charge is -2.32. The highest BCUT2D eigenvalue weighted by atomic mass is 19.1. The summed E-state index contributed by atoms with van der Waals surface area (Å²) in [6.45, 7) is 1.49. The molecule has 0 bridgehead atoms. The summed E-state index contributed by atoms with van der Waals surface area (Å²) < 4.78 is 13.3. The van der Waals surface area contributed by atoms with Gasteiger partial charge in [0.1, 0.15) is 5.82 Å². The molecule has 5 nitrogen and oxygen atoms in total. The van der Waals surface area contributed by atoms with Crippen LogP contribution in [0.15, 0.2) is 54.7 Å². The molecule has 1 fully saturated rings. The molecular weight excluding hydrogens is 381 g/mol. The molecule has 3 aromatic rings. The van der Waals surface area contributed by atoms with Crippen LogP contribution < -0.4 is 5.32 Å². The Morgan fingerprint density at radius 2 is 2.03 bits per heavy atom. The maximum Gasteiger partial charge on any atom is 0.224 e. The fourth-order valence-corrected chi connectivity index (χ4v) is 4.10. The molecule has 0 spiro atoms. The quantitative estimate of drug-likeness (QED) is 0.630. The molecule has 2 amide bonds. The van der Waals surface area contributed by atoms with Crippen molar-refractivity contribution in [3.05, 3.63) is 71.7 Å². The van der Waals surface area contributed by atoms with Gasteiger partial charge in [-0.05, 0) is 48.6 Å². The Balaban J connectivity index is 1.27. The molecule has 1 saturated heterocycles. The summed E-state index contributed by atoms with van der Waals surface area (Å²) in [5, 5.41) is 4.21. The highest BCUT2D eigenvalue weighted by molar-refractivity contribution is 5.84. The third-order valence-corrected chi connectivity index (χ3v) is 5.80. The zero-order chi connectivity index (χ0) is 20.9. The van der Waals surface area contributed by atoms with Crippen LogP contribution in [-0.2, 0) is 22.4 Å². The second-order valence-electron chi connectivity index (χ2n) is 7.86. The van der Waals surface area contributed by atoms with Crippen LogP contribution in [0.2, 0.25) is 0 Å². The molecule has 30 heavy (non-hydrogen) atoms. The Morgan fingerprint density at radius 3 is 2.90 bits per heavy atom. The molecule has 1 aromatic heterocycles. The van der Waals surface area contributed by atoms with Gasteiger partial charge in [-0.3, -0.25) is 9.59 Å². The second kappa shape index (κ2) is 9.11. The minimum atomic E-state index is -0.273. The van der Waals surface area contributed by atoms with Crippen molar-refractivity contribution < 1.29 is 14.0 Å². The fourth-order valence-electron chi connectivity index (χ4n) is 4.10. The van der Waals surface area contributed by atoms with Gasteiger partial charge in [-0.15, -0.1) is 0 Å². The van der Waals surface area contributed by atoms with Crippen LogP contribution in [0, 0.1) is 11.7 Å². The number of carbonyl (C=O) groups is 2. The molecule has 156 valence electrons. The average Bonchev–Trinajstić information content (AvgIpc) is 3.16. The van der Waals surface area contributed by atoms with E-state index < -0.39 is 0 Å². The molecular formula is C24H26FN3O2. The van der Waals surface area contributed by atoms with Crippen LogP contribution in [0.4, 0.5) is 4.39 Å². The molecule has 1 aliphatic heterocycles. The molecule has 0 aliphatic carbocycles. The van der Waals surface area contributed by atoms with Gasteiger partial charge in [0.2, 0.25) is 11.8 Å². The highest BCUT2D eigenvalue weighted by Crippen LogP contribution is 2.20. The number of hydrogen-bond donors (Lipinski definition) is 2. The first-order valence-corrected chi connectivity index (χ1v) is 10.4. The summed E-state index contributed by atoms with van der Waals surface area (Å²) in [6, 6.07) is 14.5. The van der Waals surface area contributed by atoms with Crippen molar-refractivity contribution in [3.63, 3.8) is 0 Å². The molecule has 1 unspecified atom stereocenters. The first-order valence-electron chi connectivity index (χ1n) is 10.4. The summed E-state index contributed by atoms with van der Waals surface area (Å²) in [6.07, 6.45) is 4.28. The zero-order valence-corrected chi connectivity index (χ0v) is 16.9. The van der Waals surface area contributed by atoms with E-state index in [1.165, 1.54) is 23.1 Å². The lowest BCUT2D eigenvalue weighted by Crippen LogP contribution is -2.46. The van der Waals surface area contributed by atoms with Crippen LogP contribution in [0.25, 0.3) is 10.9 Å². The smallest absolute Gasteiger partial charge is 0.224 e. The van der Waals surface area contributed by atoms with Crippen molar-refractivity contribution in [2.45, 2.75) is 25.7 Å². The van der Waals surface area contributed by atoms with Crippen LogP contribution in [0.3, 0.4) is 0 Å². The minimum Gasteiger partial charge on any atom is -0.361 e. The van der Waals surface area contributed by atoms with Gasteiger partial charge in [-0.1, -0.05) is 30.3 Å². The Kier molecular flexibility index (Phi) is 6.12. The van der Waals surface area contributed by atoms with Crippen molar-refractivity contribution >= 4 is 22.7 Å². The van der Waals surface area contributed by atoms with E-state index in [0.29, 0.717) is 38.9 Å². The number of piperidine rings is 1. The topological polar surface area (TPSA) is 65.2 Å². The molecule has 2 aromatic carbocycles. The number of hydrogen-bond acceptors (Lipinski definition) is 2. The summed E-state index contributed by atoms with van der Waals surface area (Å²) in [7, 11) is 0. The van der Waals surface area contributed by atoms with Crippen molar-refractivity contribution in [1.82, 2.24) is 15.2 Å². The molecule has 4 rings (SSSR count). The molecule has 2 N–H and O–H groups in total. The van der Waals surface area contributed by atoms with Gasteiger partial charge in [0.15, 0.2) is 0 Å². The summed E-state index contributed by atoms with van der Waals surface area (Å²) in [4.78, 5) is 29.9. The Morgan fingerprint density at radius 1 is 1.17 bits per heavy atom. The first-order chi connectivity index (χ1) is 14.6. The Labute approximate surface area is 175 Å². The summed E-state index contributed by atoms with van der Waals surface area (Å²) in [5.74, 6) is -0.407. The van der Waals surface area contributed by atoms with Crippen molar-refractivity contribution in [2.75, 3.05) is 19.6 Å². The number of fused-ring (bicyclic) bond motifs is 1. The number of rotatable bonds is 7. The van der Waals surface area contributed by atoms with E-state index in [4.69, 9.17) is 0 Å².